The molecule has 1 aliphatic rings. The van der Waals surface area contributed by atoms with Crippen molar-refractivity contribution in [3.63, 3.8) is 0 Å². The highest BCUT2D eigenvalue weighted by molar-refractivity contribution is 6.32. The minimum absolute atomic E-state index is 0.183. The highest BCUT2D eigenvalue weighted by Gasteiger charge is 2.27. The van der Waals surface area contributed by atoms with E-state index in [0.29, 0.717) is 28.2 Å². The second-order valence-corrected chi connectivity index (χ2v) is 7.03. The van der Waals surface area contributed by atoms with Crippen molar-refractivity contribution in [1.29, 1.82) is 0 Å². The van der Waals surface area contributed by atoms with Crippen LogP contribution in [0.4, 0.5) is 22.7 Å². The number of hydrogen-bond donors (Lipinski definition) is 4. The Morgan fingerprint density at radius 3 is 2.42 bits per heavy atom. The maximum absolute atomic E-state index is 12.6. The van der Waals surface area contributed by atoms with Crippen LogP contribution in [0.2, 0.25) is 0 Å². The maximum atomic E-state index is 12.6. The molecule has 7 heteroatoms. The molecule has 5 N–H and O–H groups in total. The summed E-state index contributed by atoms with van der Waals surface area (Å²) in [6.07, 6.45) is 0. The Hall–Kier alpha value is -4.10. The van der Waals surface area contributed by atoms with Crippen molar-refractivity contribution in [2.75, 3.05) is 35.4 Å². The van der Waals surface area contributed by atoms with Crippen LogP contribution in [0.25, 0.3) is 5.57 Å². The molecule has 2 amide bonds. The lowest BCUT2D eigenvalue weighted by atomic mass is 10.0. The lowest BCUT2D eigenvalue weighted by molar-refractivity contribution is -0.110. The predicted octanol–water partition coefficient (Wildman–Crippen LogP) is 3.94. The van der Waals surface area contributed by atoms with E-state index in [1.54, 1.807) is 55.6 Å². The van der Waals surface area contributed by atoms with E-state index in [1.807, 2.05) is 24.3 Å². The number of rotatable bonds is 6. The Kier molecular flexibility index (Phi) is 5.68. The monoisotopic (exact) mass is 414 g/mol. The van der Waals surface area contributed by atoms with Crippen molar-refractivity contribution < 1.29 is 14.3 Å². The molecule has 0 saturated heterocycles. The van der Waals surface area contributed by atoms with Crippen LogP contribution in [0.15, 0.2) is 78.5 Å². The summed E-state index contributed by atoms with van der Waals surface area (Å²) in [4.78, 5) is 25.1. The van der Waals surface area contributed by atoms with Gasteiger partial charge in [0.1, 0.15) is 0 Å². The second kappa shape index (κ2) is 8.73. The fourth-order valence-electron chi connectivity index (χ4n) is 3.42. The van der Waals surface area contributed by atoms with Crippen molar-refractivity contribution in [2.24, 2.45) is 0 Å². The van der Waals surface area contributed by atoms with Crippen LogP contribution in [-0.2, 0) is 9.53 Å². The predicted molar refractivity (Wildman–Crippen MR) is 123 cm³/mol. The van der Waals surface area contributed by atoms with Gasteiger partial charge < -0.3 is 26.4 Å². The molecule has 0 spiro atoms. The summed E-state index contributed by atoms with van der Waals surface area (Å²) >= 11 is 0. The molecule has 3 aromatic rings. The molecule has 1 aliphatic heterocycles. The van der Waals surface area contributed by atoms with Gasteiger partial charge in [0.05, 0.1) is 29.3 Å². The van der Waals surface area contributed by atoms with E-state index in [4.69, 9.17) is 10.5 Å². The zero-order valence-corrected chi connectivity index (χ0v) is 16.9. The van der Waals surface area contributed by atoms with Gasteiger partial charge in [-0.1, -0.05) is 30.3 Å². The number of amides is 2. The van der Waals surface area contributed by atoms with Gasteiger partial charge in [-0.2, -0.15) is 0 Å². The number of benzene rings is 3. The molecule has 31 heavy (non-hydrogen) atoms. The van der Waals surface area contributed by atoms with Crippen LogP contribution in [0.1, 0.15) is 15.9 Å². The first-order chi connectivity index (χ1) is 15.1. The average Bonchev–Trinajstić information content (AvgIpc) is 3.11. The molecule has 0 radical (unpaired) electrons. The fourth-order valence-corrected chi connectivity index (χ4v) is 3.42. The molecule has 1 heterocycles. The van der Waals surface area contributed by atoms with Gasteiger partial charge in [0.2, 0.25) is 0 Å². The summed E-state index contributed by atoms with van der Waals surface area (Å²) in [6.45, 7) is 0.229. The van der Waals surface area contributed by atoms with Gasteiger partial charge >= 0.3 is 0 Å². The van der Waals surface area contributed by atoms with E-state index in [1.165, 1.54) is 0 Å². The third kappa shape index (κ3) is 4.26. The topological polar surface area (TPSA) is 105 Å². The smallest absolute Gasteiger partial charge is 0.258 e. The van der Waals surface area contributed by atoms with Crippen molar-refractivity contribution in [3.8, 4) is 0 Å². The van der Waals surface area contributed by atoms with E-state index in [-0.39, 0.29) is 18.4 Å². The number of para-hydroxylation sites is 3. The van der Waals surface area contributed by atoms with Crippen LogP contribution in [0.5, 0.6) is 0 Å². The Morgan fingerprint density at radius 2 is 1.68 bits per heavy atom. The van der Waals surface area contributed by atoms with Crippen molar-refractivity contribution in [2.45, 2.75) is 0 Å². The van der Waals surface area contributed by atoms with Gasteiger partial charge in [0, 0.05) is 29.6 Å². The lowest BCUT2D eigenvalue weighted by Crippen LogP contribution is -2.15. The molecule has 0 atom stereocenters. The minimum atomic E-state index is -0.260. The number of anilines is 4. The van der Waals surface area contributed by atoms with Crippen LogP contribution in [0, 0.1) is 0 Å². The quantitative estimate of drug-likeness (QED) is 0.361. The number of carbonyl (C=O) groups is 2. The summed E-state index contributed by atoms with van der Waals surface area (Å²) in [7, 11) is 1.57. The zero-order valence-electron chi connectivity index (χ0n) is 16.9. The van der Waals surface area contributed by atoms with Gasteiger partial charge in [0.25, 0.3) is 11.8 Å². The normalized spacial score (nSPS) is 13.9. The summed E-state index contributed by atoms with van der Waals surface area (Å²) in [5, 5.41) is 8.93. The SMILES string of the molecule is COC/C(Nc1ccc(C(=O)Nc2ccccc2N)cc1)=C1/C(=O)Nc2ccccc21. The molecule has 0 unspecified atom stereocenters. The van der Waals surface area contributed by atoms with E-state index in [0.717, 1.165) is 16.9 Å². The first kappa shape index (κ1) is 20.2. The fraction of sp³-hybridized carbons (Fsp3) is 0.0833. The van der Waals surface area contributed by atoms with E-state index in [2.05, 4.69) is 16.0 Å². The summed E-state index contributed by atoms with van der Waals surface area (Å²) in [6, 6.07) is 21.6. The van der Waals surface area contributed by atoms with Gasteiger partial charge in [-0.25, -0.2) is 0 Å². The minimum Gasteiger partial charge on any atom is -0.397 e. The molecule has 0 aromatic heterocycles. The summed E-state index contributed by atoms with van der Waals surface area (Å²) < 4.78 is 5.32. The van der Waals surface area contributed by atoms with Crippen molar-refractivity contribution >= 4 is 40.1 Å². The van der Waals surface area contributed by atoms with Crippen molar-refractivity contribution in [3.05, 3.63) is 89.6 Å². The summed E-state index contributed by atoms with van der Waals surface area (Å²) in [5.74, 6) is -0.443. The molecule has 7 nitrogen and oxygen atoms in total. The molecule has 4 rings (SSSR count). The van der Waals surface area contributed by atoms with Crippen LogP contribution in [-0.4, -0.2) is 25.5 Å². The zero-order chi connectivity index (χ0) is 21.8. The molecular weight excluding hydrogens is 392 g/mol. The number of nitrogens with one attached hydrogen (secondary N) is 3. The van der Waals surface area contributed by atoms with E-state index >= 15 is 0 Å². The third-order valence-electron chi connectivity index (χ3n) is 4.91. The van der Waals surface area contributed by atoms with E-state index < -0.39 is 0 Å². The first-order valence-corrected chi connectivity index (χ1v) is 9.72. The standard InChI is InChI=1S/C24H22N4O3/c1-31-14-21(22-17-6-2-4-8-19(17)27-24(22)30)26-16-12-10-15(11-13-16)23(29)28-20-9-5-3-7-18(20)25/h2-13,26H,14,25H2,1H3,(H,27,30)(H,28,29)/b22-21-. The Labute approximate surface area is 179 Å². The summed E-state index contributed by atoms with van der Waals surface area (Å²) in [5.41, 5.74) is 10.9. The largest absolute Gasteiger partial charge is 0.397 e. The number of nitrogen functional groups attached to an aromatic ring is 1. The van der Waals surface area contributed by atoms with Gasteiger partial charge in [0.15, 0.2) is 0 Å². The number of fused-ring (bicyclic) bond motifs is 1. The number of carbonyl (C=O) groups excluding carboxylic acids is 2. The maximum Gasteiger partial charge on any atom is 0.258 e. The van der Waals surface area contributed by atoms with Gasteiger partial charge in [-0.3, -0.25) is 9.59 Å². The van der Waals surface area contributed by atoms with E-state index in [9.17, 15) is 9.59 Å². The van der Waals surface area contributed by atoms with Crippen LogP contribution >= 0.6 is 0 Å². The van der Waals surface area contributed by atoms with Gasteiger partial charge in [-0.15, -0.1) is 0 Å². The molecule has 0 saturated carbocycles. The highest BCUT2D eigenvalue weighted by Crippen LogP contribution is 2.34. The number of hydrogen-bond acceptors (Lipinski definition) is 5. The van der Waals surface area contributed by atoms with Crippen molar-refractivity contribution in [1.82, 2.24) is 0 Å². The lowest BCUT2D eigenvalue weighted by Gasteiger charge is -2.14. The van der Waals surface area contributed by atoms with Crippen LogP contribution in [0.3, 0.4) is 0 Å². The Balaban J connectivity index is 1.55. The molecule has 0 fully saturated rings. The second-order valence-electron chi connectivity index (χ2n) is 7.03. The number of ether oxygens (including phenoxy) is 1. The molecule has 3 aromatic carbocycles. The molecule has 0 aliphatic carbocycles. The third-order valence-corrected chi connectivity index (χ3v) is 4.91. The Bertz CT molecular complexity index is 1170. The van der Waals surface area contributed by atoms with Gasteiger partial charge in [-0.05, 0) is 42.5 Å². The first-order valence-electron chi connectivity index (χ1n) is 9.72. The average molecular weight is 414 g/mol. The Morgan fingerprint density at radius 1 is 0.968 bits per heavy atom. The molecule has 0 bridgehead atoms. The number of nitrogens with two attached hydrogens (primary N) is 1. The number of methoxy groups -OCH3 is 1. The van der Waals surface area contributed by atoms with Crippen LogP contribution < -0.4 is 21.7 Å². The molecule has 156 valence electrons. The highest BCUT2D eigenvalue weighted by atomic mass is 16.5. The molecular formula is C24H22N4O3.